The molecule has 248 valence electrons. The molecule has 1 atom stereocenters. The van der Waals surface area contributed by atoms with Crippen molar-refractivity contribution in [2.75, 3.05) is 20.3 Å². The molecule has 5 aromatic rings. The van der Waals surface area contributed by atoms with E-state index in [0.29, 0.717) is 43.2 Å². The van der Waals surface area contributed by atoms with Gasteiger partial charge in [-0.3, -0.25) is 19.5 Å². The van der Waals surface area contributed by atoms with Crippen LogP contribution in [0.25, 0.3) is 23.0 Å². The number of hydrogen-bond acceptors (Lipinski definition) is 10. The molecule has 12 nitrogen and oxygen atoms in total. The third kappa shape index (κ3) is 6.43. The van der Waals surface area contributed by atoms with Crippen molar-refractivity contribution in [1.82, 2.24) is 14.3 Å². The van der Waals surface area contributed by atoms with Crippen LogP contribution in [0.2, 0.25) is 0 Å². The molecule has 3 aromatic carbocycles. The van der Waals surface area contributed by atoms with E-state index in [1.54, 1.807) is 74.3 Å². The number of nitro benzene ring substituents is 1. The van der Waals surface area contributed by atoms with Crippen molar-refractivity contribution in [3.05, 3.63) is 144 Å². The van der Waals surface area contributed by atoms with Crippen LogP contribution in [0.5, 0.6) is 11.5 Å². The summed E-state index contributed by atoms with van der Waals surface area (Å²) in [6.07, 6.45) is 4.92. The first-order valence-corrected chi connectivity index (χ1v) is 16.1. The molecule has 0 fully saturated rings. The molecule has 1 aliphatic heterocycles. The SMILES string of the molecule is C=CCOC(=O)C1=C(C)N=c2sc(=Cc3cn(-c4ccccc4)nc3-c3ccc(OCC)c([N+](=O)[O-])c3)c(=O)n2C1c1ccc(OC)cc1. The summed E-state index contributed by atoms with van der Waals surface area (Å²) in [6, 6.07) is 20.3. The first-order valence-electron chi connectivity index (χ1n) is 15.2. The monoisotopic (exact) mass is 677 g/mol. The van der Waals surface area contributed by atoms with Crippen molar-refractivity contribution in [3.8, 4) is 28.4 Å². The minimum Gasteiger partial charge on any atom is -0.497 e. The molecule has 0 spiro atoms. The number of esters is 1. The maximum Gasteiger partial charge on any atom is 0.338 e. The maximum absolute atomic E-state index is 14.3. The molecule has 2 aromatic heterocycles. The number of fused-ring (bicyclic) bond motifs is 1. The quantitative estimate of drug-likeness (QED) is 0.0811. The number of ether oxygens (including phenoxy) is 3. The molecule has 49 heavy (non-hydrogen) atoms. The fraction of sp³-hybridized carbons (Fsp3) is 0.167. The van der Waals surface area contributed by atoms with Gasteiger partial charge in [0.25, 0.3) is 5.56 Å². The molecule has 1 aliphatic rings. The third-order valence-electron chi connectivity index (χ3n) is 7.78. The number of methoxy groups -OCH3 is 1. The highest BCUT2D eigenvalue weighted by atomic mass is 32.1. The summed E-state index contributed by atoms with van der Waals surface area (Å²) < 4.78 is 19.7. The molecule has 13 heteroatoms. The summed E-state index contributed by atoms with van der Waals surface area (Å²) in [5.41, 5.74) is 2.88. The molecule has 0 N–H and O–H groups in total. The molecule has 1 unspecified atom stereocenters. The predicted octanol–water partition coefficient (Wildman–Crippen LogP) is 5.13. The molecule has 0 bridgehead atoms. The fourth-order valence-corrected chi connectivity index (χ4v) is 6.59. The third-order valence-corrected chi connectivity index (χ3v) is 8.77. The highest BCUT2D eigenvalue weighted by Gasteiger charge is 2.33. The number of para-hydroxylation sites is 1. The van der Waals surface area contributed by atoms with Gasteiger partial charge in [0, 0.05) is 23.4 Å². The Bertz CT molecular complexity index is 2290. The molecule has 3 heterocycles. The van der Waals surface area contributed by atoms with Gasteiger partial charge in [0.2, 0.25) is 0 Å². The summed E-state index contributed by atoms with van der Waals surface area (Å²) in [7, 11) is 1.56. The van der Waals surface area contributed by atoms with Crippen LogP contribution in [-0.4, -0.2) is 45.6 Å². The van der Waals surface area contributed by atoms with Gasteiger partial charge in [-0.05, 0) is 61.9 Å². The summed E-state index contributed by atoms with van der Waals surface area (Å²) in [5, 5.41) is 16.8. The molecule has 0 amide bonds. The Kier molecular flexibility index (Phi) is 9.35. The van der Waals surface area contributed by atoms with Crippen LogP contribution in [-0.2, 0) is 9.53 Å². The summed E-state index contributed by atoms with van der Waals surface area (Å²) in [4.78, 5) is 44.2. The first-order chi connectivity index (χ1) is 23.7. The number of aromatic nitrogens is 3. The topological polar surface area (TPSA) is 140 Å². The fourth-order valence-electron chi connectivity index (χ4n) is 5.55. The zero-order valence-electron chi connectivity index (χ0n) is 26.9. The van der Waals surface area contributed by atoms with E-state index in [4.69, 9.17) is 19.3 Å². The number of carbonyl (C=O) groups excluding carboxylic acids is 1. The number of hydrogen-bond donors (Lipinski definition) is 0. The Morgan fingerprint density at radius 3 is 2.55 bits per heavy atom. The van der Waals surface area contributed by atoms with E-state index < -0.39 is 16.9 Å². The maximum atomic E-state index is 14.3. The standard InChI is InChI=1S/C36H31N5O7S/c1-5-18-48-35(43)31-22(3)37-36-40(33(31)23-12-15-27(46-4)16-13-23)34(42)30(49-36)20-25-21-39(26-10-8-7-9-11-26)38-32(25)24-14-17-29(47-6-2)28(19-24)41(44)45/h5,7-17,19-21,33H,1,6,18H2,2-4H3. The highest BCUT2D eigenvalue weighted by molar-refractivity contribution is 7.07. The summed E-state index contributed by atoms with van der Waals surface area (Å²) in [6.45, 7) is 7.34. The van der Waals surface area contributed by atoms with Crippen molar-refractivity contribution in [3.63, 3.8) is 0 Å². The summed E-state index contributed by atoms with van der Waals surface area (Å²) >= 11 is 1.16. The lowest BCUT2D eigenvalue weighted by Gasteiger charge is -2.24. The lowest BCUT2D eigenvalue weighted by atomic mass is 9.96. The van der Waals surface area contributed by atoms with Crippen molar-refractivity contribution in [2.24, 2.45) is 4.99 Å². The Balaban J connectivity index is 1.55. The van der Waals surface area contributed by atoms with Crippen LogP contribution in [0.4, 0.5) is 5.69 Å². The molecular weight excluding hydrogens is 646 g/mol. The smallest absolute Gasteiger partial charge is 0.338 e. The second kappa shape index (κ2) is 14.0. The minimum atomic E-state index is -0.832. The van der Waals surface area contributed by atoms with Gasteiger partial charge in [0.05, 0.1) is 46.2 Å². The number of benzene rings is 3. The van der Waals surface area contributed by atoms with Crippen molar-refractivity contribution in [1.29, 1.82) is 0 Å². The van der Waals surface area contributed by atoms with Gasteiger partial charge in [-0.1, -0.05) is 54.3 Å². The van der Waals surface area contributed by atoms with Crippen LogP contribution in [0, 0.1) is 10.1 Å². The van der Waals surface area contributed by atoms with Crippen LogP contribution in [0.1, 0.15) is 31.0 Å². The molecule has 0 saturated carbocycles. The van der Waals surface area contributed by atoms with E-state index in [9.17, 15) is 19.7 Å². The molecule has 0 saturated heterocycles. The van der Waals surface area contributed by atoms with Crippen LogP contribution >= 0.6 is 11.3 Å². The van der Waals surface area contributed by atoms with Gasteiger partial charge in [-0.15, -0.1) is 0 Å². The van der Waals surface area contributed by atoms with E-state index in [1.165, 1.54) is 16.7 Å². The average Bonchev–Trinajstić information content (AvgIpc) is 3.67. The Morgan fingerprint density at radius 1 is 1.12 bits per heavy atom. The van der Waals surface area contributed by atoms with Crippen LogP contribution < -0.4 is 24.4 Å². The lowest BCUT2D eigenvalue weighted by Crippen LogP contribution is -2.39. The van der Waals surface area contributed by atoms with E-state index in [0.717, 1.165) is 17.0 Å². The first kappa shape index (κ1) is 32.8. The van der Waals surface area contributed by atoms with E-state index in [-0.39, 0.29) is 35.8 Å². The normalized spacial score (nSPS) is 14.2. The van der Waals surface area contributed by atoms with Gasteiger partial charge in [0.1, 0.15) is 18.1 Å². The van der Waals surface area contributed by atoms with Crippen molar-refractivity contribution < 1.29 is 23.9 Å². The second-order valence-electron chi connectivity index (χ2n) is 10.8. The molecule has 0 radical (unpaired) electrons. The number of carbonyl (C=O) groups is 1. The Hall–Kier alpha value is -6.08. The van der Waals surface area contributed by atoms with Gasteiger partial charge >= 0.3 is 11.7 Å². The van der Waals surface area contributed by atoms with Gasteiger partial charge in [-0.25, -0.2) is 14.5 Å². The zero-order chi connectivity index (χ0) is 34.7. The number of nitrogens with zero attached hydrogens (tertiary/aromatic N) is 5. The van der Waals surface area contributed by atoms with E-state index in [2.05, 4.69) is 11.6 Å². The van der Waals surface area contributed by atoms with Crippen LogP contribution in [0.3, 0.4) is 0 Å². The highest BCUT2D eigenvalue weighted by Crippen LogP contribution is 2.34. The van der Waals surface area contributed by atoms with Crippen molar-refractivity contribution in [2.45, 2.75) is 19.9 Å². The molecule has 6 rings (SSSR count). The van der Waals surface area contributed by atoms with Gasteiger partial charge in [-0.2, -0.15) is 5.10 Å². The molecule has 0 aliphatic carbocycles. The van der Waals surface area contributed by atoms with Crippen molar-refractivity contribution >= 4 is 29.1 Å². The van der Waals surface area contributed by atoms with E-state index >= 15 is 0 Å². The second-order valence-corrected chi connectivity index (χ2v) is 11.8. The molecular formula is C36H31N5O7S. The number of rotatable bonds is 11. The number of allylic oxidation sites excluding steroid dienone is 1. The van der Waals surface area contributed by atoms with Crippen LogP contribution in [0.15, 0.2) is 113 Å². The summed E-state index contributed by atoms with van der Waals surface area (Å²) in [5.74, 6) is 0.148. The average molecular weight is 678 g/mol. The van der Waals surface area contributed by atoms with Gasteiger partial charge in [0.15, 0.2) is 10.6 Å². The Morgan fingerprint density at radius 2 is 1.88 bits per heavy atom. The lowest BCUT2D eigenvalue weighted by molar-refractivity contribution is -0.385. The van der Waals surface area contributed by atoms with E-state index in [1.807, 2.05) is 30.3 Å². The predicted molar refractivity (Wildman–Crippen MR) is 185 cm³/mol. The largest absolute Gasteiger partial charge is 0.497 e. The van der Waals surface area contributed by atoms with Gasteiger partial charge < -0.3 is 14.2 Å². The minimum absolute atomic E-state index is 0.00669. The zero-order valence-corrected chi connectivity index (χ0v) is 27.7. The number of thiazole rings is 1. The Labute approximate surface area is 284 Å². The number of nitro groups is 1.